The van der Waals surface area contributed by atoms with Gasteiger partial charge >= 0.3 is 0 Å². The third-order valence-corrected chi connectivity index (χ3v) is 3.97. The monoisotopic (exact) mass is 306 g/mol. The highest BCUT2D eigenvalue weighted by molar-refractivity contribution is 6.28. The Morgan fingerprint density at radius 1 is 1.33 bits per heavy atom. The van der Waals surface area contributed by atoms with Gasteiger partial charge in [0.2, 0.25) is 5.28 Å². The predicted molar refractivity (Wildman–Crippen MR) is 84.9 cm³/mol. The van der Waals surface area contributed by atoms with Crippen molar-refractivity contribution >= 4 is 28.3 Å². The molecule has 0 saturated carbocycles. The minimum Gasteiger partial charge on any atom is -0.391 e. The second-order valence-corrected chi connectivity index (χ2v) is 6.13. The Bertz CT molecular complexity index is 649. The van der Waals surface area contributed by atoms with Crippen molar-refractivity contribution in [2.75, 3.05) is 32.1 Å². The molecule has 1 aromatic heterocycles. The lowest BCUT2D eigenvalue weighted by Crippen LogP contribution is -2.38. The summed E-state index contributed by atoms with van der Waals surface area (Å²) in [6.07, 6.45) is 0.413. The second-order valence-electron chi connectivity index (χ2n) is 5.79. The molecule has 2 atom stereocenters. The van der Waals surface area contributed by atoms with Crippen LogP contribution < -0.4 is 4.90 Å². The number of aliphatic hydroxyl groups excluding tert-OH is 1. The molecule has 6 heteroatoms. The Hall–Kier alpha value is -1.43. The first-order chi connectivity index (χ1) is 10.0. The van der Waals surface area contributed by atoms with E-state index in [1.54, 1.807) is 0 Å². The summed E-state index contributed by atoms with van der Waals surface area (Å²) in [6.45, 7) is 1.45. The number of para-hydroxylation sites is 1. The van der Waals surface area contributed by atoms with Crippen LogP contribution in [0.1, 0.15) is 6.42 Å². The maximum atomic E-state index is 10.0. The molecule has 2 unspecified atom stereocenters. The number of rotatable bonds is 3. The Morgan fingerprint density at radius 3 is 2.86 bits per heavy atom. The fourth-order valence-electron chi connectivity index (χ4n) is 3.00. The zero-order valence-corrected chi connectivity index (χ0v) is 13.0. The average Bonchev–Trinajstić information content (AvgIpc) is 2.77. The van der Waals surface area contributed by atoms with Gasteiger partial charge in [-0.3, -0.25) is 0 Å². The molecule has 2 heterocycles. The van der Waals surface area contributed by atoms with Crippen LogP contribution in [0.2, 0.25) is 5.28 Å². The maximum absolute atomic E-state index is 10.0. The largest absolute Gasteiger partial charge is 0.391 e. The number of aromatic nitrogens is 2. The molecule has 1 aromatic carbocycles. The van der Waals surface area contributed by atoms with Gasteiger partial charge in [-0.25, -0.2) is 4.98 Å². The van der Waals surface area contributed by atoms with Gasteiger partial charge in [-0.15, -0.1) is 0 Å². The molecule has 5 nitrogen and oxygen atoms in total. The molecule has 0 radical (unpaired) electrons. The topological polar surface area (TPSA) is 52.5 Å². The molecular weight excluding hydrogens is 288 g/mol. The van der Waals surface area contributed by atoms with Gasteiger partial charge in [0.25, 0.3) is 0 Å². The smallest absolute Gasteiger partial charge is 0.224 e. The van der Waals surface area contributed by atoms with E-state index in [1.807, 2.05) is 38.4 Å². The Morgan fingerprint density at radius 2 is 2.10 bits per heavy atom. The summed E-state index contributed by atoms with van der Waals surface area (Å²) in [7, 11) is 4.07. The van der Waals surface area contributed by atoms with E-state index in [0.29, 0.717) is 6.54 Å². The fourth-order valence-corrected chi connectivity index (χ4v) is 3.17. The maximum Gasteiger partial charge on any atom is 0.224 e. The second kappa shape index (κ2) is 5.75. The van der Waals surface area contributed by atoms with Crippen LogP contribution in [-0.2, 0) is 0 Å². The number of hydrogen-bond donors (Lipinski definition) is 1. The molecular formula is C15H19ClN4O. The number of aliphatic hydroxyl groups is 1. The first-order valence-corrected chi connectivity index (χ1v) is 7.44. The van der Waals surface area contributed by atoms with Crippen molar-refractivity contribution < 1.29 is 5.11 Å². The number of likely N-dealkylation sites (N-methyl/N-ethyl adjacent to an activating group) is 1. The zero-order chi connectivity index (χ0) is 15.0. The van der Waals surface area contributed by atoms with Gasteiger partial charge in [0, 0.05) is 24.5 Å². The van der Waals surface area contributed by atoms with E-state index in [9.17, 15) is 5.11 Å². The summed E-state index contributed by atoms with van der Waals surface area (Å²) in [4.78, 5) is 13.0. The molecule has 1 N–H and O–H groups in total. The molecule has 112 valence electrons. The van der Waals surface area contributed by atoms with Crippen molar-refractivity contribution in [1.82, 2.24) is 14.9 Å². The van der Waals surface area contributed by atoms with Crippen molar-refractivity contribution in [2.24, 2.45) is 0 Å². The highest BCUT2D eigenvalue weighted by Gasteiger charge is 2.33. The van der Waals surface area contributed by atoms with E-state index in [2.05, 4.69) is 19.8 Å². The van der Waals surface area contributed by atoms with E-state index < -0.39 is 0 Å². The van der Waals surface area contributed by atoms with E-state index in [4.69, 9.17) is 11.6 Å². The van der Waals surface area contributed by atoms with E-state index in [1.165, 1.54) is 0 Å². The average molecular weight is 307 g/mol. The van der Waals surface area contributed by atoms with Gasteiger partial charge in [-0.2, -0.15) is 4.98 Å². The van der Waals surface area contributed by atoms with Crippen molar-refractivity contribution in [3.8, 4) is 0 Å². The van der Waals surface area contributed by atoms with Gasteiger partial charge < -0.3 is 14.9 Å². The number of benzene rings is 1. The quantitative estimate of drug-likeness (QED) is 0.876. The van der Waals surface area contributed by atoms with Crippen LogP contribution in [0.3, 0.4) is 0 Å². The minimum atomic E-state index is -0.331. The van der Waals surface area contributed by atoms with Crippen LogP contribution in [0.25, 0.3) is 10.9 Å². The highest BCUT2D eigenvalue weighted by atomic mass is 35.5. The lowest BCUT2D eigenvalue weighted by Gasteiger charge is -2.28. The molecule has 0 spiro atoms. The summed E-state index contributed by atoms with van der Waals surface area (Å²) in [5.41, 5.74) is 0.831. The molecule has 1 fully saturated rings. The van der Waals surface area contributed by atoms with Crippen molar-refractivity contribution in [3.05, 3.63) is 29.5 Å². The first-order valence-electron chi connectivity index (χ1n) is 7.06. The van der Waals surface area contributed by atoms with Crippen LogP contribution >= 0.6 is 11.6 Å². The SMILES string of the molecule is CN(C)CC1CC(O)CN1c1nc(Cl)nc2ccccc12. The van der Waals surface area contributed by atoms with Crippen LogP contribution in [-0.4, -0.2) is 59.3 Å². The molecule has 1 aliphatic heterocycles. The fraction of sp³-hybridized carbons (Fsp3) is 0.467. The van der Waals surface area contributed by atoms with Gasteiger partial charge in [0.15, 0.2) is 0 Å². The summed E-state index contributed by atoms with van der Waals surface area (Å²) in [5.74, 6) is 0.814. The van der Waals surface area contributed by atoms with Crippen LogP contribution in [0.15, 0.2) is 24.3 Å². The van der Waals surface area contributed by atoms with Crippen LogP contribution in [0.4, 0.5) is 5.82 Å². The van der Waals surface area contributed by atoms with E-state index in [0.717, 1.165) is 29.7 Å². The third-order valence-electron chi connectivity index (χ3n) is 3.80. The molecule has 0 amide bonds. The summed E-state index contributed by atoms with van der Waals surface area (Å²) in [6, 6.07) is 8.06. The molecule has 1 saturated heterocycles. The molecule has 0 aliphatic carbocycles. The molecule has 1 aliphatic rings. The van der Waals surface area contributed by atoms with Crippen molar-refractivity contribution in [1.29, 1.82) is 0 Å². The van der Waals surface area contributed by atoms with Gasteiger partial charge in [0.05, 0.1) is 11.6 Å². The molecule has 21 heavy (non-hydrogen) atoms. The molecule has 0 bridgehead atoms. The van der Waals surface area contributed by atoms with E-state index in [-0.39, 0.29) is 17.4 Å². The molecule has 3 rings (SSSR count). The molecule has 2 aromatic rings. The Labute approximate surface area is 129 Å². The zero-order valence-electron chi connectivity index (χ0n) is 12.2. The predicted octanol–water partition coefficient (Wildman–Crippen LogP) is 1.78. The summed E-state index contributed by atoms with van der Waals surface area (Å²) in [5, 5.41) is 11.3. The van der Waals surface area contributed by atoms with Gasteiger partial charge in [0.1, 0.15) is 5.82 Å². The normalized spacial score (nSPS) is 22.4. The standard InChI is InChI=1S/C15H19ClN4O/c1-19(2)8-10-7-11(21)9-20(10)14-12-5-3-4-6-13(12)17-15(16)18-14/h3-6,10-11,21H,7-9H2,1-2H3. The summed E-state index contributed by atoms with van der Waals surface area (Å²) >= 11 is 6.07. The number of anilines is 1. The van der Waals surface area contributed by atoms with Crippen LogP contribution in [0.5, 0.6) is 0 Å². The van der Waals surface area contributed by atoms with Crippen molar-refractivity contribution in [2.45, 2.75) is 18.6 Å². The minimum absolute atomic E-state index is 0.226. The number of nitrogens with zero attached hydrogens (tertiary/aromatic N) is 4. The lowest BCUT2D eigenvalue weighted by molar-refractivity contribution is 0.191. The van der Waals surface area contributed by atoms with Gasteiger partial charge in [-0.1, -0.05) is 12.1 Å². The van der Waals surface area contributed by atoms with Crippen molar-refractivity contribution in [3.63, 3.8) is 0 Å². The number of β-amino-alcohol motifs (C(OH)–C–C–N with tert-alkyl or cyclic N) is 1. The summed E-state index contributed by atoms with van der Waals surface area (Å²) < 4.78 is 0. The van der Waals surface area contributed by atoms with Crippen LogP contribution in [0, 0.1) is 0 Å². The number of hydrogen-bond acceptors (Lipinski definition) is 5. The third kappa shape index (κ3) is 2.95. The van der Waals surface area contributed by atoms with Gasteiger partial charge in [-0.05, 0) is 44.2 Å². The highest BCUT2D eigenvalue weighted by Crippen LogP contribution is 2.31. The lowest BCUT2D eigenvalue weighted by atomic mass is 10.1. The first kappa shape index (κ1) is 14.5. The Kier molecular flexibility index (Phi) is 3.97. The van der Waals surface area contributed by atoms with E-state index >= 15 is 0 Å². The Balaban J connectivity index is 2.05. The number of halogens is 1. The number of fused-ring (bicyclic) bond motifs is 1.